The van der Waals surface area contributed by atoms with Crippen LogP contribution >= 0.6 is 0 Å². The summed E-state index contributed by atoms with van der Waals surface area (Å²) in [6, 6.07) is 1.85. The summed E-state index contributed by atoms with van der Waals surface area (Å²) in [4.78, 5) is 27.9. The van der Waals surface area contributed by atoms with Crippen molar-refractivity contribution in [3.05, 3.63) is 17.5 Å². The molecular weight excluding hydrogens is 280 g/mol. The number of amides is 2. The third-order valence-electron chi connectivity index (χ3n) is 5.33. The lowest BCUT2D eigenvalue weighted by molar-refractivity contribution is -0.131. The molecule has 0 aromatic carbocycles. The van der Waals surface area contributed by atoms with Gasteiger partial charge in [0.2, 0.25) is 5.91 Å². The van der Waals surface area contributed by atoms with Gasteiger partial charge in [0.15, 0.2) is 5.69 Å². The van der Waals surface area contributed by atoms with Gasteiger partial charge in [-0.1, -0.05) is 0 Å². The van der Waals surface area contributed by atoms with E-state index in [1.54, 1.807) is 11.6 Å². The fourth-order valence-corrected chi connectivity index (χ4v) is 3.64. The summed E-state index contributed by atoms with van der Waals surface area (Å²) in [5.41, 5.74) is 1.73. The normalized spacial score (nSPS) is 20.7. The van der Waals surface area contributed by atoms with Crippen LogP contribution in [0.4, 0.5) is 0 Å². The molecule has 2 aliphatic heterocycles. The Balaban J connectivity index is 1.65. The molecule has 22 heavy (non-hydrogen) atoms. The van der Waals surface area contributed by atoms with E-state index < -0.39 is 0 Å². The van der Waals surface area contributed by atoms with Crippen molar-refractivity contribution in [3.63, 3.8) is 0 Å². The lowest BCUT2D eigenvalue weighted by Crippen LogP contribution is -2.44. The fourth-order valence-electron chi connectivity index (χ4n) is 3.64. The summed E-state index contributed by atoms with van der Waals surface area (Å²) >= 11 is 0. The van der Waals surface area contributed by atoms with Gasteiger partial charge >= 0.3 is 0 Å². The second kappa shape index (κ2) is 5.41. The van der Waals surface area contributed by atoms with Crippen LogP contribution in [0.5, 0.6) is 0 Å². The summed E-state index contributed by atoms with van der Waals surface area (Å²) in [5, 5.41) is 4.30. The molecule has 0 radical (unpaired) electrons. The van der Waals surface area contributed by atoms with Crippen LogP contribution in [0.2, 0.25) is 0 Å². The van der Waals surface area contributed by atoms with Crippen molar-refractivity contribution in [2.24, 2.45) is 12.5 Å². The van der Waals surface area contributed by atoms with Crippen LogP contribution in [0, 0.1) is 12.3 Å². The Labute approximate surface area is 131 Å². The number of aryl methyl sites for hydroxylation is 2. The molecule has 2 saturated heterocycles. The highest BCUT2D eigenvalue weighted by atomic mass is 16.2. The van der Waals surface area contributed by atoms with E-state index in [4.69, 9.17) is 0 Å². The molecule has 1 spiro atoms. The van der Waals surface area contributed by atoms with Crippen LogP contribution < -0.4 is 0 Å². The van der Waals surface area contributed by atoms with Gasteiger partial charge in [-0.25, -0.2) is 0 Å². The number of hydrogen-bond donors (Lipinski definition) is 0. The summed E-state index contributed by atoms with van der Waals surface area (Å²) in [7, 11) is 1.86. The molecule has 120 valence electrons. The Kier molecular flexibility index (Phi) is 3.70. The molecular formula is C16H24N4O2. The molecule has 3 heterocycles. The maximum absolute atomic E-state index is 12.6. The summed E-state index contributed by atoms with van der Waals surface area (Å²) in [5.74, 6) is 0.194. The van der Waals surface area contributed by atoms with Crippen LogP contribution in [0.15, 0.2) is 6.07 Å². The number of aromatic nitrogens is 2. The van der Waals surface area contributed by atoms with Gasteiger partial charge in [0, 0.05) is 45.8 Å². The molecule has 0 unspecified atom stereocenters. The minimum absolute atomic E-state index is 0.0366. The van der Waals surface area contributed by atoms with E-state index in [1.165, 1.54) is 0 Å². The Morgan fingerprint density at radius 3 is 2.23 bits per heavy atom. The number of likely N-dealkylation sites (tertiary alicyclic amines) is 2. The van der Waals surface area contributed by atoms with Crippen LogP contribution in [0.3, 0.4) is 0 Å². The molecule has 3 rings (SSSR count). The Bertz CT molecular complexity index is 580. The van der Waals surface area contributed by atoms with Gasteiger partial charge < -0.3 is 9.80 Å². The highest BCUT2D eigenvalue weighted by molar-refractivity contribution is 5.92. The van der Waals surface area contributed by atoms with Gasteiger partial charge in [0.05, 0.1) is 0 Å². The lowest BCUT2D eigenvalue weighted by atomic mass is 9.78. The van der Waals surface area contributed by atoms with Crippen molar-refractivity contribution < 1.29 is 9.59 Å². The molecule has 1 aromatic heterocycles. The van der Waals surface area contributed by atoms with E-state index in [2.05, 4.69) is 5.10 Å². The predicted octanol–water partition coefficient (Wildman–Crippen LogP) is 1.20. The highest BCUT2D eigenvalue weighted by Gasteiger charge is 2.42. The molecule has 0 aliphatic carbocycles. The van der Waals surface area contributed by atoms with Crippen molar-refractivity contribution in [2.75, 3.05) is 26.2 Å². The smallest absolute Gasteiger partial charge is 0.274 e. The van der Waals surface area contributed by atoms with Gasteiger partial charge in [-0.05, 0) is 37.7 Å². The maximum Gasteiger partial charge on any atom is 0.274 e. The fraction of sp³-hybridized carbons (Fsp3) is 0.688. The molecule has 2 fully saturated rings. The van der Waals surface area contributed by atoms with E-state index in [1.807, 2.05) is 29.8 Å². The number of nitrogens with zero attached hydrogens (tertiary/aromatic N) is 4. The number of carbonyl (C=O) groups excluding carboxylic acids is 2. The molecule has 0 bridgehead atoms. The molecule has 0 N–H and O–H groups in total. The predicted molar refractivity (Wildman–Crippen MR) is 82.4 cm³/mol. The van der Waals surface area contributed by atoms with Crippen LogP contribution in [0.25, 0.3) is 0 Å². The first kappa shape index (κ1) is 15.1. The zero-order valence-corrected chi connectivity index (χ0v) is 13.6. The third-order valence-corrected chi connectivity index (χ3v) is 5.33. The molecule has 0 saturated carbocycles. The monoisotopic (exact) mass is 304 g/mol. The average molecular weight is 304 g/mol. The first-order valence-corrected chi connectivity index (χ1v) is 7.96. The third kappa shape index (κ3) is 2.62. The van der Waals surface area contributed by atoms with E-state index in [0.717, 1.165) is 51.1 Å². The molecule has 2 aliphatic rings. The molecule has 2 amide bonds. The van der Waals surface area contributed by atoms with Crippen molar-refractivity contribution in [1.82, 2.24) is 19.6 Å². The maximum atomic E-state index is 12.6. The quantitative estimate of drug-likeness (QED) is 0.783. The topological polar surface area (TPSA) is 58.4 Å². The Hall–Kier alpha value is -1.85. The van der Waals surface area contributed by atoms with Crippen molar-refractivity contribution >= 4 is 11.8 Å². The lowest BCUT2D eigenvalue weighted by Gasteiger charge is -2.38. The number of piperidine rings is 1. The molecule has 6 heteroatoms. The Morgan fingerprint density at radius 2 is 1.73 bits per heavy atom. The summed E-state index contributed by atoms with van der Waals surface area (Å²) < 4.78 is 1.74. The summed E-state index contributed by atoms with van der Waals surface area (Å²) in [6.07, 6.45) is 3.03. The van der Waals surface area contributed by atoms with E-state index in [9.17, 15) is 9.59 Å². The van der Waals surface area contributed by atoms with Crippen LogP contribution in [-0.4, -0.2) is 57.6 Å². The highest BCUT2D eigenvalue weighted by Crippen LogP contribution is 2.40. The molecule has 1 aromatic rings. The van der Waals surface area contributed by atoms with E-state index in [-0.39, 0.29) is 17.2 Å². The SMILES string of the molecule is CC(=O)N1CCC2(CC1)CCN(C(=O)c1cc(C)n(C)n1)C2. The number of hydrogen-bond acceptors (Lipinski definition) is 3. The zero-order chi connectivity index (χ0) is 15.9. The zero-order valence-electron chi connectivity index (χ0n) is 13.6. The number of carbonyl (C=O) groups is 2. The first-order chi connectivity index (χ1) is 10.4. The van der Waals surface area contributed by atoms with Gasteiger partial charge in [-0.3, -0.25) is 14.3 Å². The van der Waals surface area contributed by atoms with E-state index in [0.29, 0.717) is 5.69 Å². The second-order valence-electron chi connectivity index (χ2n) is 6.78. The van der Waals surface area contributed by atoms with Gasteiger partial charge in [0.25, 0.3) is 5.91 Å². The van der Waals surface area contributed by atoms with Crippen molar-refractivity contribution in [2.45, 2.75) is 33.1 Å². The summed E-state index contributed by atoms with van der Waals surface area (Å²) in [6.45, 7) is 6.82. The largest absolute Gasteiger partial charge is 0.343 e. The second-order valence-corrected chi connectivity index (χ2v) is 6.78. The standard InChI is InChI=1S/C16H24N4O2/c1-12-10-14(17-18(12)3)15(22)20-9-6-16(11-20)4-7-19(8-5-16)13(2)21/h10H,4-9,11H2,1-3H3. The minimum Gasteiger partial charge on any atom is -0.343 e. The first-order valence-electron chi connectivity index (χ1n) is 7.96. The number of rotatable bonds is 1. The van der Waals surface area contributed by atoms with E-state index >= 15 is 0 Å². The van der Waals surface area contributed by atoms with Gasteiger partial charge in [0.1, 0.15) is 0 Å². The molecule has 0 atom stereocenters. The van der Waals surface area contributed by atoms with Crippen molar-refractivity contribution in [1.29, 1.82) is 0 Å². The average Bonchev–Trinajstić information content (AvgIpc) is 3.04. The minimum atomic E-state index is 0.0366. The van der Waals surface area contributed by atoms with Crippen LogP contribution in [-0.2, 0) is 11.8 Å². The van der Waals surface area contributed by atoms with Gasteiger partial charge in [-0.15, -0.1) is 0 Å². The Morgan fingerprint density at radius 1 is 1.14 bits per heavy atom. The van der Waals surface area contributed by atoms with Gasteiger partial charge in [-0.2, -0.15) is 5.10 Å². The van der Waals surface area contributed by atoms with Crippen LogP contribution in [0.1, 0.15) is 42.4 Å². The molecule has 6 nitrogen and oxygen atoms in total. The van der Waals surface area contributed by atoms with Crippen molar-refractivity contribution in [3.8, 4) is 0 Å².